The van der Waals surface area contributed by atoms with Gasteiger partial charge in [0.25, 0.3) is 11.4 Å². The molecule has 0 saturated heterocycles. The number of allylic oxidation sites excluding steroid dienone is 1. The number of nitro benzene ring substituents is 2. The number of fused-ring (bicyclic) bond motifs is 1. The van der Waals surface area contributed by atoms with Gasteiger partial charge >= 0.3 is 0 Å². The SMILES string of the molecule is O=C(/C=C1/Nc2ccc([N+](=O)[O-])cc2N[C@H]1O)c1cccc([N+](=O)[O-])c1. The standard InChI is InChI=1S/C16H12N4O6/c21-15(9-2-1-3-10(6-9)19(23)24)8-14-16(22)18-13-7-11(20(25)26)4-5-12(13)17-14/h1-8,16-18,22H/b14-8+/t16-/m0/s1. The highest BCUT2D eigenvalue weighted by Crippen LogP contribution is 2.32. The van der Waals surface area contributed by atoms with E-state index in [1.54, 1.807) is 0 Å². The third-order valence-corrected chi connectivity index (χ3v) is 3.71. The Hall–Kier alpha value is -3.79. The van der Waals surface area contributed by atoms with E-state index in [0.717, 1.165) is 12.1 Å². The average Bonchev–Trinajstić information content (AvgIpc) is 2.61. The quantitative estimate of drug-likeness (QED) is 0.327. The van der Waals surface area contributed by atoms with E-state index in [9.17, 15) is 30.1 Å². The number of ketones is 1. The minimum atomic E-state index is -1.30. The van der Waals surface area contributed by atoms with Crippen LogP contribution in [0, 0.1) is 20.2 Å². The molecule has 2 aromatic rings. The number of carbonyl (C=O) groups excluding carboxylic acids is 1. The molecule has 3 N–H and O–H groups in total. The molecule has 1 atom stereocenters. The second kappa shape index (κ2) is 6.61. The lowest BCUT2D eigenvalue weighted by molar-refractivity contribution is -0.385. The van der Waals surface area contributed by atoms with Crippen molar-refractivity contribution in [2.45, 2.75) is 6.23 Å². The largest absolute Gasteiger partial charge is 0.368 e. The van der Waals surface area contributed by atoms with Crippen LogP contribution in [0.2, 0.25) is 0 Å². The first kappa shape index (κ1) is 17.0. The van der Waals surface area contributed by atoms with Crippen LogP contribution in [-0.4, -0.2) is 27.0 Å². The van der Waals surface area contributed by atoms with Crippen molar-refractivity contribution in [2.75, 3.05) is 10.6 Å². The molecule has 26 heavy (non-hydrogen) atoms. The fraction of sp³-hybridized carbons (Fsp3) is 0.0625. The Kier molecular flexibility index (Phi) is 4.33. The Labute approximate surface area is 146 Å². The molecule has 0 radical (unpaired) electrons. The van der Waals surface area contributed by atoms with Crippen LogP contribution in [0.4, 0.5) is 22.7 Å². The molecule has 2 aromatic carbocycles. The van der Waals surface area contributed by atoms with Gasteiger partial charge in [-0.2, -0.15) is 0 Å². The summed E-state index contributed by atoms with van der Waals surface area (Å²) >= 11 is 0. The van der Waals surface area contributed by atoms with Crippen LogP contribution in [0.3, 0.4) is 0 Å². The molecule has 10 heteroatoms. The van der Waals surface area contributed by atoms with Crippen LogP contribution in [0.5, 0.6) is 0 Å². The van der Waals surface area contributed by atoms with Gasteiger partial charge in [-0.3, -0.25) is 25.0 Å². The molecule has 0 saturated carbocycles. The van der Waals surface area contributed by atoms with Gasteiger partial charge in [-0.25, -0.2) is 0 Å². The molecule has 0 aliphatic carbocycles. The first-order valence-corrected chi connectivity index (χ1v) is 7.35. The van der Waals surface area contributed by atoms with Crippen molar-refractivity contribution in [3.8, 4) is 0 Å². The first-order chi connectivity index (χ1) is 12.3. The van der Waals surface area contributed by atoms with E-state index in [0.29, 0.717) is 11.4 Å². The van der Waals surface area contributed by atoms with Crippen LogP contribution in [0.25, 0.3) is 0 Å². The molecule has 10 nitrogen and oxygen atoms in total. The lowest BCUT2D eigenvalue weighted by Crippen LogP contribution is -2.31. The number of benzene rings is 2. The van der Waals surface area contributed by atoms with Crippen molar-refractivity contribution >= 4 is 28.5 Å². The maximum Gasteiger partial charge on any atom is 0.271 e. The van der Waals surface area contributed by atoms with Crippen LogP contribution in [0.15, 0.2) is 54.2 Å². The molecule has 0 bridgehead atoms. The summed E-state index contributed by atoms with van der Waals surface area (Å²) in [5.74, 6) is -0.539. The number of aliphatic hydroxyl groups excluding tert-OH is 1. The van der Waals surface area contributed by atoms with Gasteiger partial charge in [0, 0.05) is 35.9 Å². The number of aliphatic hydroxyl groups is 1. The van der Waals surface area contributed by atoms with E-state index in [1.807, 2.05) is 0 Å². The highest BCUT2D eigenvalue weighted by Gasteiger charge is 2.23. The van der Waals surface area contributed by atoms with Gasteiger partial charge in [0.15, 0.2) is 12.0 Å². The summed E-state index contributed by atoms with van der Waals surface area (Å²) in [6.07, 6.45) is -0.187. The number of anilines is 2. The monoisotopic (exact) mass is 356 g/mol. The van der Waals surface area contributed by atoms with E-state index in [-0.39, 0.29) is 22.6 Å². The Morgan fingerprint density at radius 3 is 2.42 bits per heavy atom. The minimum Gasteiger partial charge on any atom is -0.368 e. The van der Waals surface area contributed by atoms with Crippen LogP contribution in [0.1, 0.15) is 10.4 Å². The normalized spacial score (nSPS) is 17.0. The Balaban J connectivity index is 1.87. The number of nitrogens with zero attached hydrogens (tertiary/aromatic N) is 2. The maximum absolute atomic E-state index is 12.3. The van der Waals surface area contributed by atoms with Gasteiger partial charge < -0.3 is 15.7 Å². The number of nitro groups is 2. The van der Waals surface area contributed by atoms with Gasteiger partial charge in [-0.1, -0.05) is 12.1 Å². The first-order valence-electron chi connectivity index (χ1n) is 7.35. The van der Waals surface area contributed by atoms with Crippen molar-refractivity contribution in [1.82, 2.24) is 0 Å². The molecule has 0 unspecified atom stereocenters. The number of hydrogen-bond donors (Lipinski definition) is 3. The molecule has 1 heterocycles. The van der Waals surface area contributed by atoms with Crippen molar-refractivity contribution < 1.29 is 19.7 Å². The number of rotatable bonds is 4. The van der Waals surface area contributed by atoms with E-state index < -0.39 is 21.9 Å². The van der Waals surface area contributed by atoms with Gasteiger partial charge in [-0.15, -0.1) is 0 Å². The average molecular weight is 356 g/mol. The lowest BCUT2D eigenvalue weighted by atomic mass is 10.1. The summed E-state index contributed by atoms with van der Waals surface area (Å²) in [6.45, 7) is 0. The summed E-state index contributed by atoms with van der Waals surface area (Å²) in [5, 5.41) is 37.2. The molecule has 1 aliphatic rings. The molecule has 0 spiro atoms. The highest BCUT2D eigenvalue weighted by atomic mass is 16.6. The van der Waals surface area contributed by atoms with E-state index in [4.69, 9.17) is 0 Å². The molecule has 0 fully saturated rings. The van der Waals surface area contributed by atoms with Gasteiger partial charge in [-0.05, 0) is 6.07 Å². The maximum atomic E-state index is 12.3. The van der Waals surface area contributed by atoms with Crippen LogP contribution < -0.4 is 10.6 Å². The fourth-order valence-electron chi connectivity index (χ4n) is 2.44. The van der Waals surface area contributed by atoms with Gasteiger partial charge in [0.05, 0.1) is 26.9 Å². The Bertz CT molecular complexity index is 956. The summed E-state index contributed by atoms with van der Waals surface area (Å²) < 4.78 is 0. The zero-order valence-electron chi connectivity index (χ0n) is 13.1. The number of non-ortho nitro benzene ring substituents is 2. The van der Waals surface area contributed by atoms with E-state index >= 15 is 0 Å². The van der Waals surface area contributed by atoms with Crippen LogP contribution >= 0.6 is 0 Å². The molecule has 3 rings (SSSR count). The van der Waals surface area contributed by atoms with E-state index in [1.165, 1.54) is 36.4 Å². The van der Waals surface area contributed by atoms with Gasteiger partial charge in [0.1, 0.15) is 0 Å². The minimum absolute atomic E-state index is 0.0928. The molecular formula is C16H12N4O6. The number of hydrogen-bond acceptors (Lipinski definition) is 8. The fourth-order valence-corrected chi connectivity index (χ4v) is 2.44. The Morgan fingerprint density at radius 2 is 1.73 bits per heavy atom. The van der Waals surface area contributed by atoms with Crippen molar-refractivity contribution in [3.05, 3.63) is 80.0 Å². The second-order valence-electron chi connectivity index (χ2n) is 5.43. The predicted octanol–water partition coefficient (Wildman–Crippen LogP) is 2.43. The Morgan fingerprint density at radius 1 is 1.04 bits per heavy atom. The van der Waals surface area contributed by atoms with Crippen LogP contribution in [-0.2, 0) is 0 Å². The summed E-state index contributed by atoms with van der Waals surface area (Å²) in [4.78, 5) is 32.7. The second-order valence-corrected chi connectivity index (χ2v) is 5.43. The van der Waals surface area contributed by atoms with Crippen molar-refractivity contribution in [2.24, 2.45) is 0 Å². The number of carbonyl (C=O) groups is 1. The summed E-state index contributed by atoms with van der Waals surface area (Å²) in [5.41, 5.74) is 0.594. The van der Waals surface area contributed by atoms with E-state index in [2.05, 4.69) is 10.6 Å². The number of nitrogens with one attached hydrogen (secondary N) is 2. The topological polar surface area (TPSA) is 148 Å². The van der Waals surface area contributed by atoms with Crippen molar-refractivity contribution in [1.29, 1.82) is 0 Å². The molecule has 0 amide bonds. The summed E-state index contributed by atoms with van der Waals surface area (Å²) in [7, 11) is 0. The predicted molar refractivity (Wildman–Crippen MR) is 91.9 cm³/mol. The third-order valence-electron chi connectivity index (χ3n) is 3.71. The zero-order chi connectivity index (χ0) is 18.8. The molecule has 1 aliphatic heterocycles. The zero-order valence-corrected chi connectivity index (χ0v) is 13.1. The van der Waals surface area contributed by atoms with Gasteiger partial charge in [0.2, 0.25) is 0 Å². The summed E-state index contributed by atoms with van der Waals surface area (Å²) in [6, 6.07) is 9.20. The smallest absolute Gasteiger partial charge is 0.271 e. The molecule has 0 aromatic heterocycles. The third kappa shape index (κ3) is 3.35. The lowest BCUT2D eigenvalue weighted by Gasteiger charge is -2.27. The molecule has 132 valence electrons. The highest BCUT2D eigenvalue weighted by molar-refractivity contribution is 6.05. The molecular weight excluding hydrogens is 344 g/mol. The van der Waals surface area contributed by atoms with Crippen molar-refractivity contribution in [3.63, 3.8) is 0 Å².